The first kappa shape index (κ1) is 28.2. The van der Waals surface area contributed by atoms with Gasteiger partial charge in [0.05, 0.1) is 27.6 Å². The van der Waals surface area contributed by atoms with E-state index in [4.69, 9.17) is 13.7 Å². The molecule has 0 spiro atoms. The molecule has 0 saturated carbocycles. The molecule has 2 aromatic heterocycles. The molecule has 0 unspecified atom stereocenters. The Labute approximate surface area is 255 Å². The summed E-state index contributed by atoms with van der Waals surface area (Å²) in [5.41, 5.74) is 7.86. The Bertz CT molecular complexity index is 2030. The number of aromatic nitrogens is 1. The topological polar surface area (TPSA) is 36.5 Å². The van der Waals surface area contributed by atoms with E-state index in [9.17, 15) is 0 Å². The first-order valence-corrected chi connectivity index (χ1v) is 15.5. The average molecular weight is 572 g/mol. The van der Waals surface area contributed by atoms with Crippen molar-refractivity contribution in [3.05, 3.63) is 83.9 Å². The summed E-state index contributed by atoms with van der Waals surface area (Å²) < 4.78 is 22.5. The second-order valence-electron chi connectivity index (χ2n) is 15.4. The molecular weight excluding hydrogens is 529 g/mol. The smallest absolute Gasteiger partial charge is 0.455 e. The summed E-state index contributed by atoms with van der Waals surface area (Å²) in [6.45, 7) is 22.0. The van der Waals surface area contributed by atoms with Crippen LogP contribution in [0.4, 0.5) is 0 Å². The highest BCUT2D eigenvalue weighted by Gasteiger charge is 2.52. The summed E-state index contributed by atoms with van der Waals surface area (Å²) in [5.74, 6) is 0. The first-order chi connectivity index (χ1) is 20.1. The minimum absolute atomic E-state index is 0.00654. The van der Waals surface area contributed by atoms with Crippen LogP contribution >= 0.6 is 0 Å². The average Bonchev–Trinajstić information content (AvgIpc) is 3.53. The molecule has 1 aliphatic heterocycles. The lowest BCUT2D eigenvalue weighted by molar-refractivity contribution is 0.00578. The molecule has 4 nitrogen and oxygen atoms in total. The molecule has 5 heteroatoms. The van der Waals surface area contributed by atoms with Crippen molar-refractivity contribution in [2.24, 2.45) is 0 Å². The SMILES string of the molecule is CC(C)(C)c1ccc(-n2c3ccc(C(C)(C)C)cc3c3c4oc5ccccc5c4c(B4OC(C)(C)C(C)(C)O4)cc32)cc1. The third-order valence-corrected chi connectivity index (χ3v) is 9.77. The van der Waals surface area contributed by atoms with Crippen LogP contribution in [0.25, 0.3) is 49.4 Å². The maximum atomic E-state index is 6.79. The molecule has 7 rings (SSSR count). The Kier molecular flexibility index (Phi) is 5.91. The quantitative estimate of drug-likeness (QED) is 0.194. The van der Waals surface area contributed by atoms with Gasteiger partial charge >= 0.3 is 7.12 Å². The Morgan fingerprint density at radius 1 is 0.628 bits per heavy atom. The highest BCUT2D eigenvalue weighted by molar-refractivity contribution is 6.66. The standard InChI is InChI=1S/C38H42BNO3/c1-35(2,3)23-15-18-25(19-16-23)40-29-20-17-24(36(4,5)6)21-27(29)33-30(40)22-28(39-42-37(7,8)38(9,10)43-39)32-26-13-11-12-14-31(26)41-34(32)33/h11-22H,1-10H3. The van der Waals surface area contributed by atoms with E-state index < -0.39 is 18.3 Å². The van der Waals surface area contributed by atoms with Crippen LogP contribution in [-0.4, -0.2) is 22.9 Å². The van der Waals surface area contributed by atoms with E-state index in [-0.39, 0.29) is 10.8 Å². The summed E-state index contributed by atoms with van der Waals surface area (Å²) in [6, 6.07) is 26.5. The van der Waals surface area contributed by atoms with Crippen LogP contribution in [0.2, 0.25) is 0 Å². The fourth-order valence-corrected chi connectivity index (χ4v) is 6.42. The van der Waals surface area contributed by atoms with Gasteiger partial charge in [-0.05, 0) is 91.5 Å². The van der Waals surface area contributed by atoms with Crippen LogP contribution in [-0.2, 0) is 20.1 Å². The molecule has 0 bridgehead atoms. The van der Waals surface area contributed by atoms with E-state index in [0.717, 1.165) is 49.5 Å². The molecule has 220 valence electrons. The van der Waals surface area contributed by atoms with Gasteiger partial charge in [-0.1, -0.05) is 77.9 Å². The van der Waals surface area contributed by atoms with Crippen molar-refractivity contribution >= 4 is 56.3 Å². The predicted molar refractivity (Wildman–Crippen MR) is 181 cm³/mol. The number of fused-ring (bicyclic) bond motifs is 7. The molecule has 6 aromatic rings. The first-order valence-electron chi connectivity index (χ1n) is 15.5. The number of benzene rings is 4. The third-order valence-electron chi connectivity index (χ3n) is 9.77. The molecule has 0 amide bonds. The molecule has 1 saturated heterocycles. The van der Waals surface area contributed by atoms with E-state index in [0.29, 0.717) is 0 Å². The molecule has 0 radical (unpaired) electrons. The van der Waals surface area contributed by atoms with Gasteiger partial charge in [0.1, 0.15) is 11.2 Å². The largest absolute Gasteiger partial charge is 0.495 e. The maximum Gasteiger partial charge on any atom is 0.495 e. The zero-order valence-corrected chi connectivity index (χ0v) is 27.2. The van der Waals surface area contributed by atoms with Gasteiger partial charge in [-0.2, -0.15) is 0 Å². The number of hydrogen-bond donors (Lipinski definition) is 0. The van der Waals surface area contributed by atoms with Crippen molar-refractivity contribution in [2.45, 2.75) is 91.3 Å². The van der Waals surface area contributed by atoms with Gasteiger partial charge in [0.15, 0.2) is 0 Å². The Hall–Kier alpha value is -3.54. The zero-order chi connectivity index (χ0) is 30.7. The highest BCUT2D eigenvalue weighted by Crippen LogP contribution is 2.43. The molecule has 0 aliphatic carbocycles. The molecular formula is C38H42BNO3. The summed E-state index contributed by atoms with van der Waals surface area (Å²) in [4.78, 5) is 0. The van der Waals surface area contributed by atoms with Crippen LogP contribution in [0.15, 0.2) is 77.2 Å². The number of furan rings is 1. The van der Waals surface area contributed by atoms with Crippen molar-refractivity contribution < 1.29 is 13.7 Å². The van der Waals surface area contributed by atoms with Crippen LogP contribution in [0.1, 0.15) is 80.4 Å². The minimum atomic E-state index is -0.530. The summed E-state index contributed by atoms with van der Waals surface area (Å²) >= 11 is 0. The lowest BCUT2D eigenvalue weighted by Crippen LogP contribution is -2.41. The molecule has 43 heavy (non-hydrogen) atoms. The van der Waals surface area contributed by atoms with Crippen LogP contribution in [0, 0.1) is 0 Å². The second-order valence-corrected chi connectivity index (χ2v) is 15.4. The van der Waals surface area contributed by atoms with E-state index in [2.05, 4.69) is 141 Å². The Morgan fingerprint density at radius 2 is 1.23 bits per heavy atom. The maximum absolute atomic E-state index is 6.79. The van der Waals surface area contributed by atoms with Crippen LogP contribution < -0.4 is 5.46 Å². The number of para-hydroxylation sites is 1. The molecule has 0 atom stereocenters. The van der Waals surface area contributed by atoms with Crippen LogP contribution in [0.3, 0.4) is 0 Å². The fraction of sp³-hybridized carbons (Fsp3) is 0.368. The Balaban J connectivity index is 1.63. The van der Waals surface area contributed by atoms with E-state index >= 15 is 0 Å². The second kappa shape index (κ2) is 9.00. The van der Waals surface area contributed by atoms with Gasteiger partial charge in [0.2, 0.25) is 0 Å². The monoisotopic (exact) mass is 571 g/mol. The fourth-order valence-electron chi connectivity index (χ4n) is 6.42. The van der Waals surface area contributed by atoms with Gasteiger partial charge in [-0.3, -0.25) is 0 Å². The highest BCUT2D eigenvalue weighted by atomic mass is 16.7. The van der Waals surface area contributed by atoms with Gasteiger partial charge in [0.25, 0.3) is 0 Å². The van der Waals surface area contributed by atoms with Crippen molar-refractivity contribution in [1.29, 1.82) is 0 Å². The van der Waals surface area contributed by atoms with Gasteiger partial charge in [-0.25, -0.2) is 0 Å². The van der Waals surface area contributed by atoms with E-state index in [1.807, 2.05) is 6.07 Å². The van der Waals surface area contributed by atoms with Crippen molar-refractivity contribution in [1.82, 2.24) is 4.57 Å². The van der Waals surface area contributed by atoms with Crippen LogP contribution in [0.5, 0.6) is 0 Å². The van der Waals surface area contributed by atoms with Crippen molar-refractivity contribution in [2.75, 3.05) is 0 Å². The zero-order valence-electron chi connectivity index (χ0n) is 27.2. The third kappa shape index (κ3) is 4.27. The van der Waals surface area contributed by atoms with Gasteiger partial charge < -0.3 is 18.3 Å². The van der Waals surface area contributed by atoms with Gasteiger partial charge in [-0.15, -0.1) is 0 Å². The molecule has 1 fully saturated rings. The molecule has 3 heterocycles. The molecule has 1 aliphatic rings. The molecule has 0 N–H and O–H groups in total. The minimum Gasteiger partial charge on any atom is -0.455 e. The van der Waals surface area contributed by atoms with E-state index in [1.165, 1.54) is 16.5 Å². The number of nitrogens with zero attached hydrogens (tertiary/aromatic N) is 1. The lowest BCUT2D eigenvalue weighted by Gasteiger charge is -2.32. The predicted octanol–water partition coefficient (Wildman–Crippen LogP) is 9.58. The Morgan fingerprint density at radius 3 is 1.86 bits per heavy atom. The van der Waals surface area contributed by atoms with Crippen molar-refractivity contribution in [3.63, 3.8) is 0 Å². The summed E-state index contributed by atoms with van der Waals surface area (Å²) in [6.07, 6.45) is 0. The normalized spacial score (nSPS) is 17.2. The number of hydrogen-bond acceptors (Lipinski definition) is 3. The van der Waals surface area contributed by atoms with Gasteiger partial charge in [0, 0.05) is 21.8 Å². The van der Waals surface area contributed by atoms with E-state index in [1.54, 1.807) is 0 Å². The lowest BCUT2D eigenvalue weighted by atomic mass is 9.75. The summed E-state index contributed by atoms with van der Waals surface area (Å²) in [7, 11) is -0.530. The van der Waals surface area contributed by atoms with Crippen molar-refractivity contribution in [3.8, 4) is 5.69 Å². The number of rotatable bonds is 2. The molecule has 4 aromatic carbocycles. The summed E-state index contributed by atoms with van der Waals surface area (Å²) in [5, 5.41) is 4.44.